The van der Waals surface area contributed by atoms with E-state index in [-0.39, 0.29) is 6.04 Å². The average Bonchev–Trinajstić information content (AvgIpc) is 2.76. The number of methoxy groups -OCH3 is 1. The first-order chi connectivity index (χ1) is 8.65. The van der Waals surface area contributed by atoms with Crippen LogP contribution in [0.5, 0.6) is 5.75 Å². The Hall–Kier alpha value is -1.51. The second-order valence-electron chi connectivity index (χ2n) is 4.83. The van der Waals surface area contributed by atoms with Crippen LogP contribution in [0.1, 0.15) is 37.0 Å². The molecule has 0 spiro atoms. The molecule has 1 aromatic rings. The van der Waals surface area contributed by atoms with Crippen LogP contribution >= 0.6 is 0 Å². The van der Waals surface area contributed by atoms with Crippen molar-refractivity contribution in [2.75, 3.05) is 13.7 Å². The Morgan fingerprint density at radius 1 is 1.44 bits per heavy atom. The van der Waals surface area contributed by atoms with Gasteiger partial charge in [-0.05, 0) is 43.5 Å². The SMILES string of the molecule is CCCc1cc(C2=NC(C)CO2)cc(C)c1OC. The zero-order chi connectivity index (χ0) is 13.1. The normalized spacial score (nSPS) is 18.4. The molecule has 1 aromatic carbocycles. The lowest BCUT2D eigenvalue weighted by atomic mass is 10.0. The molecule has 18 heavy (non-hydrogen) atoms. The van der Waals surface area contributed by atoms with Gasteiger partial charge < -0.3 is 9.47 Å². The Morgan fingerprint density at radius 3 is 2.78 bits per heavy atom. The zero-order valence-corrected chi connectivity index (χ0v) is 11.6. The molecule has 0 N–H and O–H groups in total. The summed E-state index contributed by atoms with van der Waals surface area (Å²) in [6.07, 6.45) is 2.11. The van der Waals surface area contributed by atoms with Gasteiger partial charge in [-0.2, -0.15) is 0 Å². The molecule has 1 aliphatic heterocycles. The van der Waals surface area contributed by atoms with Crippen LogP contribution in [0.4, 0.5) is 0 Å². The van der Waals surface area contributed by atoms with Crippen molar-refractivity contribution in [3.63, 3.8) is 0 Å². The van der Waals surface area contributed by atoms with Crippen molar-refractivity contribution >= 4 is 5.90 Å². The van der Waals surface area contributed by atoms with Gasteiger partial charge in [0.1, 0.15) is 12.4 Å². The van der Waals surface area contributed by atoms with E-state index in [1.165, 1.54) is 5.56 Å². The van der Waals surface area contributed by atoms with Crippen LogP contribution in [0.15, 0.2) is 17.1 Å². The first-order valence-electron chi connectivity index (χ1n) is 6.54. The predicted octanol–water partition coefficient (Wildman–Crippen LogP) is 3.12. The molecule has 0 aromatic heterocycles. The molecule has 1 aliphatic rings. The molecular formula is C15H21NO2. The van der Waals surface area contributed by atoms with Crippen molar-refractivity contribution in [1.82, 2.24) is 0 Å². The number of ether oxygens (including phenoxy) is 2. The number of aryl methyl sites for hydroxylation is 2. The van der Waals surface area contributed by atoms with Crippen LogP contribution in [-0.2, 0) is 11.2 Å². The Labute approximate surface area is 109 Å². The molecule has 0 aliphatic carbocycles. The molecule has 0 saturated heterocycles. The van der Waals surface area contributed by atoms with E-state index in [4.69, 9.17) is 9.47 Å². The van der Waals surface area contributed by atoms with Gasteiger partial charge in [-0.15, -0.1) is 0 Å². The van der Waals surface area contributed by atoms with E-state index in [1.807, 2.05) is 0 Å². The summed E-state index contributed by atoms with van der Waals surface area (Å²) in [5, 5.41) is 0. The number of aliphatic imine (C=N–C) groups is 1. The van der Waals surface area contributed by atoms with E-state index >= 15 is 0 Å². The zero-order valence-electron chi connectivity index (χ0n) is 11.6. The summed E-state index contributed by atoms with van der Waals surface area (Å²) in [4.78, 5) is 4.51. The fraction of sp³-hybridized carbons (Fsp3) is 0.533. The fourth-order valence-corrected chi connectivity index (χ4v) is 2.35. The second kappa shape index (κ2) is 5.42. The second-order valence-corrected chi connectivity index (χ2v) is 4.83. The Morgan fingerprint density at radius 2 is 2.22 bits per heavy atom. The van der Waals surface area contributed by atoms with Crippen LogP contribution < -0.4 is 4.74 Å². The number of hydrogen-bond donors (Lipinski definition) is 0. The first-order valence-corrected chi connectivity index (χ1v) is 6.54. The number of nitrogens with zero attached hydrogens (tertiary/aromatic N) is 1. The topological polar surface area (TPSA) is 30.8 Å². The molecular weight excluding hydrogens is 226 g/mol. The van der Waals surface area contributed by atoms with E-state index in [1.54, 1.807) is 7.11 Å². The van der Waals surface area contributed by atoms with E-state index in [0.29, 0.717) is 6.61 Å². The molecule has 0 saturated carbocycles. The third kappa shape index (κ3) is 2.50. The van der Waals surface area contributed by atoms with Crippen molar-refractivity contribution in [1.29, 1.82) is 0 Å². The molecule has 0 radical (unpaired) electrons. The lowest BCUT2D eigenvalue weighted by molar-refractivity contribution is 0.324. The van der Waals surface area contributed by atoms with Gasteiger partial charge in [0.05, 0.1) is 13.2 Å². The van der Waals surface area contributed by atoms with Gasteiger partial charge in [-0.3, -0.25) is 0 Å². The molecule has 2 rings (SSSR count). The maximum absolute atomic E-state index is 5.62. The summed E-state index contributed by atoms with van der Waals surface area (Å²) in [7, 11) is 1.73. The predicted molar refractivity (Wildman–Crippen MR) is 73.7 cm³/mol. The molecule has 3 heteroatoms. The fourth-order valence-electron chi connectivity index (χ4n) is 2.35. The maximum Gasteiger partial charge on any atom is 0.216 e. The molecule has 0 amide bonds. The van der Waals surface area contributed by atoms with Gasteiger partial charge in [0.25, 0.3) is 0 Å². The van der Waals surface area contributed by atoms with Crippen LogP contribution in [0.2, 0.25) is 0 Å². The van der Waals surface area contributed by atoms with Crippen molar-refractivity contribution in [2.45, 2.75) is 39.7 Å². The van der Waals surface area contributed by atoms with Gasteiger partial charge in [-0.25, -0.2) is 4.99 Å². The smallest absolute Gasteiger partial charge is 0.216 e. The summed E-state index contributed by atoms with van der Waals surface area (Å²) in [5.41, 5.74) is 3.45. The molecule has 1 atom stereocenters. The van der Waals surface area contributed by atoms with E-state index < -0.39 is 0 Å². The minimum absolute atomic E-state index is 0.261. The van der Waals surface area contributed by atoms with E-state index in [0.717, 1.165) is 35.6 Å². The quantitative estimate of drug-likeness (QED) is 0.818. The van der Waals surface area contributed by atoms with Crippen molar-refractivity contribution in [3.05, 3.63) is 28.8 Å². The van der Waals surface area contributed by atoms with Gasteiger partial charge in [0, 0.05) is 5.56 Å². The Bertz CT molecular complexity index is 466. The van der Waals surface area contributed by atoms with E-state index in [9.17, 15) is 0 Å². The number of rotatable bonds is 4. The molecule has 0 fully saturated rings. The van der Waals surface area contributed by atoms with Crippen molar-refractivity contribution in [2.24, 2.45) is 4.99 Å². The number of benzene rings is 1. The first kappa shape index (κ1) is 12.9. The standard InChI is InChI=1S/C15H21NO2/c1-5-6-12-8-13(7-10(2)14(12)17-4)15-16-11(3)9-18-15/h7-8,11H,5-6,9H2,1-4H3. The molecule has 1 unspecified atom stereocenters. The highest BCUT2D eigenvalue weighted by atomic mass is 16.5. The highest BCUT2D eigenvalue weighted by Crippen LogP contribution is 2.27. The van der Waals surface area contributed by atoms with Crippen LogP contribution in [0, 0.1) is 6.92 Å². The molecule has 98 valence electrons. The minimum atomic E-state index is 0.261. The lowest BCUT2D eigenvalue weighted by Crippen LogP contribution is -2.05. The van der Waals surface area contributed by atoms with Crippen molar-refractivity contribution < 1.29 is 9.47 Å². The number of hydrogen-bond acceptors (Lipinski definition) is 3. The largest absolute Gasteiger partial charge is 0.496 e. The highest BCUT2D eigenvalue weighted by Gasteiger charge is 2.18. The molecule has 1 heterocycles. The average molecular weight is 247 g/mol. The van der Waals surface area contributed by atoms with E-state index in [2.05, 4.69) is 37.9 Å². The monoisotopic (exact) mass is 247 g/mol. The summed E-state index contributed by atoms with van der Waals surface area (Å²) in [6.45, 7) is 6.99. The van der Waals surface area contributed by atoms with Crippen LogP contribution in [-0.4, -0.2) is 25.7 Å². The summed E-state index contributed by atoms with van der Waals surface area (Å²) >= 11 is 0. The third-order valence-electron chi connectivity index (χ3n) is 3.12. The molecule has 3 nitrogen and oxygen atoms in total. The highest BCUT2D eigenvalue weighted by molar-refractivity contribution is 5.95. The Balaban J connectivity index is 2.41. The van der Waals surface area contributed by atoms with Crippen molar-refractivity contribution in [3.8, 4) is 5.75 Å². The van der Waals surface area contributed by atoms with Gasteiger partial charge in [0.2, 0.25) is 5.90 Å². The molecule has 0 bridgehead atoms. The van der Waals surface area contributed by atoms with Crippen LogP contribution in [0.25, 0.3) is 0 Å². The third-order valence-corrected chi connectivity index (χ3v) is 3.12. The summed E-state index contributed by atoms with van der Waals surface area (Å²) in [5.74, 6) is 1.76. The summed E-state index contributed by atoms with van der Waals surface area (Å²) in [6, 6.07) is 4.50. The lowest BCUT2D eigenvalue weighted by Gasteiger charge is -2.13. The summed E-state index contributed by atoms with van der Waals surface area (Å²) < 4.78 is 11.1. The van der Waals surface area contributed by atoms with Crippen LogP contribution in [0.3, 0.4) is 0 Å². The van der Waals surface area contributed by atoms with Gasteiger partial charge >= 0.3 is 0 Å². The Kier molecular flexibility index (Phi) is 3.90. The minimum Gasteiger partial charge on any atom is -0.496 e. The van der Waals surface area contributed by atoms with Gasteiger partial charge in [0.15, 0.2) is 0 Å². The maximum atomic E-state index is 5.62. The van der Waals surface area contributed by atoms with Gasteiger partial charge in [-0.1, -0.05) is 13.3 Å².